The molecule has 0 unspecified atom stereocenters. The molecule has 0 atom stereocenters. The van der Waals surface area contributed by atoms with E-state index in [9.17, 15) is 0 Å². The van der Waals surface area contributed by atoms with Crippen LogP contribution in [0.15, 0.2) is 24.2 Å². The quantitative estimate of drug-likeness (QED) is 0.712. The lowest BCUT2D eigenvalue weighted by Gasteiger charge is -1.99. The fraction of sp³-hybridized carbons (Fsp3) is 0.333. The summed E-state index contributed by atoms with van der Waals surface area (Å²) in [5.74, 6) is 0.799. The Kier molecular flexibility index (Phi) is 2.80. The number of rotatable bonds is 2. The SMILES string of the molecule is C/C(=C\N)Cc1cnc(C)nc1. The van der Waals surface area contributed by atoms with Crippen LogP contribution in [0.4, 0.5) is 0 Å². The molecule has 3 heteroatoms. The summed E-state index contributed by atoms with van der Waals surface area (Å²) < 4.78 is 0. The first-order valence-electron chi connectivity index (χ1n) is 3.87. The monoisotopic (exact) mass is 163 g/mol. The number of hydrogen-bond acceptors (Lipinski definition) is 3. The van der Waals surface area contributed by atoms with Crippen LogP contribution in [0.25, 0.3) is 0 Å². The third-order valence-corrected chi connectivity index (χ3v) is 1.60. The second-order valence-electron chi connectivity index (χ2n) is 2.83. The largest absolute Gasteiger partial charge is 0.405 e. The zero-order valence-corrected chi connectivity index (χ0v) is 7.41. The number of nitrogens with two attached hydrogens (primary N) is 1. The van der Waals surface area contributed by atoms with Crippen LogP contribution in [-0.2, 0) is 6.42 Å². The summed E-state index contributed by atoms with van der Waals surface area (Å²) >= 11 is 0. The minimum atomic E-state index is 0.799. The molecule has 0 saturated carbocycles. The molecule has 1 heterocycles. The highest BCUT2D eigenvalue weighted by Crippen LogP contribution is 2.03. The van der Waals surface area contributed by atoms with Gasteiger partial charge >= 0.3 is 0 Å². The van der Waals surface area contributed by atoms with Crippen molar-refractivity contribution in [2.45, 2.75) is 20.3 Å². The maximum atomic E-state index is 5.35. The first-order chi connectivity index (χ1) is 5.72. The van der Waals surface area contributed by atoms with Crippen molar-refractivity contribution in [1.29, 1.82) is 0 Å². The van der Waals surface area contributed by atoms with E-state index in [0.29, 0.717) is 0 Å². The lowest BCUT2D eigenvalue weighted by molar-refractivity contribution is 0.993. The Labute approximate surface area is 72.3 Å². The van der Waals surface area contributed by atoms with Crippen LogP contribution < -0.4 is 5.73 Å². The van der Waals surface area contributed by atoms with Crippen LogP contribution >= 0.6 is 0 Å². The fourth-order valence-corrected chi connectivity index (χ4v) is 0.892. The van der Waals surface area contributed by atoms with E-state index < -0.39 is 0 Å². The Morgan fingerprint density at radius 3 is 2.58 bits per heavy atom. The number of allylic oxidation sites excluding steroid dienone is 1. The molecule has 1 aromatic rings. The van der Waals surface area contributed by atoms with Gasteiger partial charge in [0.15, 0.2) is 0 Å². The molecule has 2 N–H and O–H groups in total. The molecule has 0 aliphatic heterocycles. The van der Waals surface area contributed by atoms with Crippen LogP contribution in [0.2, 0.25) is 0 Å². The van der Waals surface area contributed by atoms with E-state index in [1.165, 1.54) is 0 Å². The number of aryl methyl sites for hydroxylation is 1. The van der Waals surface area contributed by atoms with Crippen LogP contribution in [0.3, 0.4) is 0 Å². The summed E-state index contributed by atoms with van der Waals surface area (Å²) in [7, 11) is 0. The zero-order chi connectivity index (χ0) is 8.97. The lowest BCUT2D eigenvalue weighted by Crippen LogP contribution is -1.94. The Morgan fingerprint density at radius 2 is 2.08 bits per heavy atom. The minimum absolute atomic E-state index is 0.799. The Morgan fingerprint density at radius 1 is 1.50 bits per heavy atom. The molecule has 1 rings (SSSR count). The van der Waals surface area contributed by atoms with E-state index >= 15 is 0 Å². The molecule has 0 aliphatic rings. The van der Waals surface area contributed by atoms with E-state index in [0.717, 1.165) is 23.4 Å². The van der Waals surface area contributed by atoms with Gasteiger partial charge in [0.1, 0.15) is 5.82 Å². The van der Waals surface area contributed by atoms with Crippen LogP contribution in [-0.4, -0.2) is 9.97 Å². The molecule has 0 fully saturated rings. The van der Waals surface area contributed by atoms with Gasteiger partial charge in [0.25, 0.3) is 0 Å². The first kappa shape index (κ1) is 8.71. The van der Waals surface area contributed by atoms with Crippen molar-refractivity contribution in [1.82, 2.24) is 9.97 Å². The normalized spacial score (nSPS) is 11.7. The summed E-state index contributed by atoms with van der Waals surface area (Å²) in [4.78, 5) is 8.17. The summed E-state index contributed by atoms with van der Waals surface area (Å²) in [5.41, 5.74) is 7.57. The predicted octanol–water partition coefficient (Wildman–Crippen LogP) is 1.19. The van der Waals surface area contributed by atoms with Gasteiger partial charge in [-0.05, 0) is 32.0 Å². The van der Waals surface area contributed by atoms with Crippen molar-refractivity contribution >= 4 is 0 Å². The second kappa shape index (κ2) is 3.85. The molecule has 1 aromatic heterocycles. The standard InChI is InChI=1S/C9H13N3/c1-7(4-10)3-9-5-11-8(2)12-6-9/h4-6H,3,10H2,1-2H3/b7-4+. The Bertz CT molecular complexity index is 274. The van der Waals surface area contributed by atoms with Crippen molar-refractivity contribution in [2.75, 3.05) is 0 Å². The van der Waals surface area contributed by atoms with Gasteiger partial charge in [-0.3, -0.25) is 0 Å². The smallest absolute Gasteiger partial charge is 0.125 e. The van der Waals surface area contributed by atoms with Gasteiger partial charge < -0.3 is 5.73 Å². The molecule has 64 valence electrons. The maximum Gasteiger partial charge on any atom is 0.125 e. The Balaban J connectivity index is 2.71. The molecule has 12 heavy (non-hydrogen) atoms. The highest BCUT2D eigenvalue weighted by molar-refractivity contribution is 5.14. The van der Waals surface area contributed by atoms with Gasteiger partial charge in [0.05, 0.1) is 0 Å². The molecule has 0 spiro atoms. The van der Waals surface area contributed by atoms with Crippen LogP contribution in [0.1, 0.15) is 18.3 Å². The van der Waals surface area contributed by atoms with E-state index in [1.807, 2.05) is 26.2 Å². The first-order valence-corrected chi connectivity index (χ1v) is 3.87. The van der Waals surface area contributed by atoms with Gasteiger partial charge in [-0.1, -0.05) is 5.57 Å². The van der Waals surface area contributed by atoms with Crippen LogP contribution in [0.5, 0.6) is 0 Å². The molecular formula is C9H13N3. The van der Waals surface area contributed by atoms with Crippen molar-refractivity contribution < 1.29 is 0 Å². The van der Waals surface area contributed by atoms with Crippen LogP contribution in [0, 0.1) is 6.92 Å². The van der Waals surface area contributed by atoms with Crippen molar-refractivity contribution in [3.63, 3.8) is 0 Å². The Hall–Kier alpha value is -1.38. The van der Waals surface area contributed by atoms with Crippen molar-refractivity contribution in [3.8, 4) is 0 Å². The van der Waals surface area contributed by atoms with Gasteiger partial charge in [-0.25, -0.2) is 9.97 Å². The number of hydrogen-bond donors (Lipinski definition) is 1. The van der Waals surface area contributed by atoms with Crippen molar-refractivity contribution in [2.24, 2.45) is 5.73 Å². The molecular weight excluding hydrogens is 150 g/mol. The highest BCUT2D eigenvalue weighted by Gasteiger charge is 1.94. The van der Waals surface area contributed by atoms with E-state index in [4.69, 9.17) is 5.73 Å². The third-order valence-electron chi connectivity index (χ3n) is 1.60. The molecule has 0 saturated heterocycles. The van der Waals surface area contributed by atoms with E-state index in [2.05, 4.69) is 9.97 Å². The van der Waals surface area contributed by atoms with Gasteiger partial charge in [0, 0.05) is 12.4 Å². The van der Waals surface area contributed by atoms with Gasteiger partial charge in [0.2, 0.25) is 0 Å². The molecule has 0 radical (unpaired) electrons. The highest BCUT2D eigenvalue weighted by atomic mass is 14.8. The summed E-state index contributed by atoms with van der Waals surface area (Å²) in [6.45, 7) is 3.86. The maximum absolute atomic E-state index is 5.35. The minimum Gasteiger partial charge on any atom is -0.405 e. The molecule has 0 aliphatic carbocycles. The average molecular weight is 163 g/mol. The predicted molar refractivity (Wildman–Crippen MR) is 48.4 cm³/mol. The topological polar surface area (TPSA) is 51.8 Å². The average Bonchev–Trinajstić information content (AvgIpc) is 2.09. The molecule has 0 bridgehead atoms. The third kappa shape index (κ3) is 2.34. The lowest BCUT2D eigenvalue weighted by atomic mass is 10.1. The second-order valence-corrected chi connectivity index (χ2v) is 2.83. The van der Waals surface area contributed by atoms with Crippen molar-refractivity contribution in [3.05, 3.63) is 35.6 Å². The molecule has 3 nitrogen and oxygen atoms in total. The van der Waals surface area contributed by atoms with Gasteiger partial charge in [-0.15, -0.1) is 0 Å². The summed E-state index contributed by atoms with van der Waals surface area (Å²) in [6, 6.07) is 0. The zero-order valence-electron chi connectivity index (χ0n) is 7.41. The fourth-order valence-electron chi connectivity index (χ4n) is 0.892. The summed E-state index contributed by atoms with van der Waals surface area (Å²) in [5, 5.41) is 0. The van der Waals surface area contributed by atoms with Gasteiger partial charge in [-0.2, -0.15) is 0 Å². The van der Waals surface area contributed by atoms with E-state index in [1.54, 1.807) is 6.20 Å². The number of aromatic nitrogens is 2. The molecule has 0 aromatic carbocycles. The molecule has 0 amide bonds. The van der Waals surface area contributed by atoms with E-state index in [-0.39, 0.29) is 0 Å². The number of nitrogens with zero attached hydrogens (tertiary/aromatic N) is 2. The summed E-state index contributed by atoms with van der Waals surface area (Å²) in [6.07, 6.45) is 6.10.